The molecule has 4 heteroatoms. The van der Waals surface area contributed by atoms with Crippen LogP contribution in [-0.4, -0.2) is 24.6 Å². The molecule has 0 radical (unpaired) electrons. The van der Waals surface area contributed by atoms with E-state index < -0.39 is 11.3 Å². The van der Waals surface area contributed by atoms with Crippen LogP contribution in [0.15, 0.2) is 11.6 Å². The number of carbonyl (C=O) groups excluding carboxylic acids is 3. The SMILES string of the molecule is CC(=O)O[C@H]1C[C@H]2[C@@](C)(CC[C@H]3C(C)(C)CCC[C@]23C)[C@@H]2CC=C(C=O)[C@H](C=O)C12C. The average Bonchev–Trinajstić information content (AvgIpc) is 2.67. The maximum Gasteiger partial charge on any atom is 0.302 e. The molecule has 0 aromatic carbocycles. The normalized spacial score (nSPS) is 48.3. The van der Waals surface area contributed by atoms with Gasteiger partial charge in [0.25, 0.3) is 0 Å². The molecule has 8 atom stereocenters. The van der Waals surface area contributed by atoms with Gasteiger partial charge >= 0.3 is 5.97 Å². The van der Waals surface area contributed by atoms with Gasteiger partial charge in [0, 0.05) is 12.3 Å². The summed E-state index contributed by atoms with van der Waals surface area (Å²) in [5.41, 5.74) is 0.619. The van der Waals surface area contributed by atoms with Crippen molar-refractivity contribution in [3.8, 4) is 0 Å². The zero-order chi connectivity index (χ0) is 22.8. The molecule has 3 saturated carbocycles. The zero-order valence-electron chi connectivity index (χ0n) is 20.2. The van der Waals surface area contributed by atoms with E-state index in [1.54, 1.807) is 0 Å². The van der Waals surface area contributed by atoms with Crippen molar-refractivity contribution < 1.29 is 19.1 Å². The van der Waals surface area contributed by atoms with E-state index in [1.807, 2.05) is 6.08 Å². The summed E-state index contributed by atoms with van der Waals surface area (Å²) in [5.74, 6) is 0.519. The Labute approximate surface area is 187 Å². The molecule has 0 aromatic heterocycles. The van der Waals surface area contributed by atoms with Crippen molar-refractivity contribution >= 4 is 18.5 Å². The Hall–Kier alpha value is -1.45. The van der Waals surface area contributed by atoms with E-state index in [9.17, 15) is 14.4 Å². The van der Waals surface area contributed by atoms with Gasteiger partial charge in [0.15, 0.2) is 0 Å². The molecule has 0 saturated heterocycles. The van der Waals surface area contributed by atoms with E-state index >= 15 is 0 Å². The fourth-order valence-corrected chi connectivity index (χ4v) is 9.45. The molecular formula is C27H40O4. The van der Waals surface area contributed by atoms with Crippen molar-refractivity contribution in [2.75, 3.05) is 0 Å². The van der Waals surface area contributed by atoms with Crippen LogP contribution in [0.2, 0.25) is 0 Å². The minimum atomic E-state index is -0.545. The minimum Gasteiger partial charge on any atom is -0.462 e. The van der Waals surface area contributed by atoms with Gasteiger partial charge in [-0.3, -0.25) is 9.59 Å². The van der Waals surface area contributed by atoms with E-state index in [0.29, 0.717) is 22.8 Å². The Balaban J connectivity index is 1.85. The Morgan fingerprint density at radius 3 is 2.29 bits per heavy atom. The van der Waals surface area contributed by atoms with Crippen LogP contribution < -0.4 is 0 Å². The lowest BCUT2D eigenvalue weighted by Gasteiger charge is -2.70. The summed E-state index contributed by atoms with van der Waals surface area (Å²) in [4.78, 5) is 36.3. The van der Waals surface area contributed by atoms with Gasteiger partial charge < -0.3 is 9.53 Å². The third-order valence-electron chi connectivity index (χ3n) is 10.7. The Bertz CT molecular complexity index is 812. The number of rotatable bonds is 3. The largest absolute Gasteiger partial charge is 0.462 e. The summed E-state index contributed by atoms with van der Waals surface area (Å²) in [5, 5.41) is 0. The molecule has 0 heterocycles. The highest BCUT2D eigenvalue weighted by Crippen LogP contribution is 2.73. The van der Waals surface area contributed by atoms with Gasteiger partial charge in [0.05, 0.1) is 5.92 Å². The van der Waals surface area contributed by atoms with E-state index in [4.69, 9.17) is 4.74 Å². The highest BCUT2D eigenvalue weighted by Gasteiger charge is 2.68. The van der Waals surface area contributed by atoms with Crippen molar-refractivity contribution in [2.45, 2.75) is 92.6 Å². The van der Waals surface area contributed by atoms with E-state index in [-0.39, 0.29) is 28.8 Å². The van der Waals surface area contributed by atoms with Crippen molar-refractivity contribution in [3.05, 3.63) is 11.6 Å². The first-order valence-electron chi connectivity index (χ1n) is 12.2. The topological polar surface area (TPSA) is 60.4 Å². The lowest BCUT2D eigenvalue weighted by molar-refractivity contribution is -0.238. The summed E-state index contributed by atoms with van der Waals surface area (Å²) in [6, 6.07) is 0. The molecule has 0 N–H and O–H groups in total. The molecule has 1 unspecified atom stereocenters. The quantitative estimate of drug-likeness (QED) is 0.437. The number of allylic oxidation sites excluding steroid dienone is 2. The summed E-state index contributed by atoms with van der Waals surface area (Å²) in [7, 11) is 0. The van der Waals surface area contributed by atoms with Crippen LogP contribution in [0.5, 0.6) is 0 Å². The predicted octanol–water partition coefficient (Wildman–Crippen LogP) is 5.54. The molecule has 0 amide bonds. The summed E-state index contributed by atoms with van der Waals surface area (Å²) in [6.45, 7) is 13.4. The van der Waals surface area contributed by atoms with Crippen LogP contribution in [0.4, 0.5) is 0 Å². The van der Waals surface area contributed by atoms with Gasteiger partial charge in [-0.1, -0.05) is 47.1 Å². The Morgan fingerprint density at radius 2 is 1.68 bits per heavy atom. The Morgan fingerprint density at radius 1 is 1.00 bits per heavy atom. The van der Waals surface area contributed by atoms with Crippen LogP contribution in [0.3, 0.4) is 0 Å². The number of carbonyl (C=O) groups is 3. The lowest BCUT2D eigenvalue weighted by atomic mass is 9.35. The molecule has 3 fully saturated rings. The van der Waals surface area contributed by atoms with Crippen molar-refractivity contribution in [1.29, 1.82) is 0 Å². The fraction of sp³-hybridized carbons (Fsp3) is 0.815. The van der Waals surface area contributed by atoms with E-state index in [2.05, 4.69) is 34.6 Å². The molecule has 4 nitrogen and oxygen atoms in total. The Kier molecular flexibility index (Phi) is 5.34. The highest BCUT2D eigenvalue weighted by molar-refractivity contribution is 5.82. The van der Waals surface area contributed by atoms with Gasteiger partial charge in [-0.2, -0.15) is 0 Å². The number of hydrogen-bond donors (Lipinski definition) is 0. The minimum absolute atomic E-state index is 0.0657. The van der Waals surface area contributed by atoms with Crippen LogP contribution in [0, 0.1) is 45.3 Å². The molecule has 0 aliphatic heterocycles. The van der Waals surface area contributed by atoms with Gasteiger partial charge in [0.2, 0.25) is 0 Å². The summed E-state index contributed by atoms with van der Waals surface area (Å²) < 4.78 is 6.02. The average molecular weight is 429 g/mol. The molecule has 4 rings (SSSR count). The molecule has 4 aliphatic rings. The zero-order valence-corrected chi connectivity index (χ0v) is 20.2. The number of fused-ring (bicyclic) bond motifs is 5. The number of ether oxygens (including phenoxy) is 1. The van der Waals surface area contributed by atoms with Crippen LogP contribution in [0.25, 0.3) is 0 Å². The molecule has 0 spiro atoms. The monoisotopic (exact) mass is 428 g/mol. The molecular weight excluding hydrogens is 388 g/mol. The second-order valence-electron chi connectivity index (χ2n) is 12.4. The predicted molar refractivity (Wildman–Crippen MR) is 120 cm³/mol. The number of aldehydes is 2. The maximum atomic E-state index is 12.3. The van der Waals surface area contributed by atoms with Gasteiger partial charge in [-0.25, -0.2) is 0 Å². The first-order valence-corrected chi connectivity index (χ1v) is 12.2. The van der Waals surface area contributed by atoms with Crippen molar-refractivity contribution in [1.82, 2.24) is 0 Å². The third kappa shape index (κ3) is 3.03. The van der Waals surface area contributed by atoms with Gasteiger partial charge in [-0.15, -0.1) is 0 Å². The van der Waals surface area contributed by atoms with Crippen molar-refractivity contribution in [3.63, 3.8) is 0 Å². The number of hydrogen-bond acceptors (Lipinski definition) is 4. The van der Waals surface area contributed by atoms with Crippen molar-refractivity contribution in [2.24, 2.45) is 45.3 Å². The molecule has 0 aromatic rings. The first-order chi connectivity index (χ1) is 14.4. The van der Waals surface area contributed by atoms with Crippen LogP contribution in [0.1, 0.15) is 86.5 Å². The van der Waals surface area contributed by atoms with Gasteiger partial charge in [-0.05, 0) is 78.1 Å². The fourth-order valence-electron chi connectivity index (χ4n) is 9.45. The first kappa shape index (κ1) is 22.7. The molecule has 172 valence electrons. The third-order valence-corrected chi connectivity index (χ3v) is 10.7. The maximum absolute atomic E-state index is 12.3. The molecule has 31 heavy (non-hydrogen) atoms. The summed E-state index contributed by atoms with van der Waals surface area (Å²) in [6.07, 6.45) is 11.1. The summed E-state index contributed by atoms with van der Waals surface area (Å²) >= 11 is 0. The molecule has 4 aliphatic carbocycles. The van der Waals surface area contributed by atoms with E-state index in [0.717, 1.165) is 31.8 Å². The van der Waals surface area contributed by atoms with Crippen LogP contribution >= 0.6 is 0 Å². The number of esters is 1. The smallest absolute Gasteiger partial charge is 0.302 e. The lowest BCUT2D eigenvalue weighted by Crippen LogP contribution is -2.67. The van der Waals surface area contributed by atoms with Gasteiger partial charge in [0.1, 0.15) is 18.7 Å². The van der Waals surface area contributed by atoms with Crippen LogP contribution in [-0.2, 0) is 19.1 Å². The second kappa shape index (κ2) is 7.28. The highest BCUT2D eigenvalue weighted by atomic mass is 16.5. The molecule has 0 bridgehead atoms. The standard InChI is InChI=1S/C27H40O4/c1-17(30)31-23-14-22-25(4)12-7-11-24(2,3)20(25)10-13-26(22,5)21-9-8-18(15-28)19(16-29)27(21,23)6/h8,15-16,19-23H,7,9-14H2,1-6H3/t19-,20-,21-,22+,23-,25-,26-,27?/m0/s1. The van der Waals surface area contributed by atoms with E-state index in [1.165, 1.54) is 32.6 Å². The second-order valence-corrected chi connectivity index (χ2v) is 12.4.